The maximum absolute atomic E-state index is 9.89. The Morgan fingerprint density at radius 2 is 2.25 bits per heavy atom. The van der Waals surface area contributed by atoms with E-state index >= 15 is 0 Å². The van der Waals surface area contributed by atoms with Crippen molar-refractivity contribution in [3.8, 4) is 0 Å². The van der Waals surface area contributed by atoms with E-state index in [1.54, 1.807) is 0 Å². The molecule has 2 heteroatoms. The summed E-state index contributed by atoms with van der Waals surface area (Å²) in [4.78, 5) is 0.331. The lowest BCUT2D eigenvalue weighted by Gasteiger charge is -2.36. The van der Waals surface area contributed by atoms with Crippen molar-refractivity contribution in [2.45, 2.75) is 43.0 Å². The van der Waals surface area contributed by atoms with Gasteiger partial charge in [0.15, 0.2) is 0 Å². The Balaban J connectivity index is 2.15. The van der Waals surface area contributed by atoms with E-state index in [1.165, 1.54) is 31.3 Å². The Bertz CT molecular complexity index is 200. The van der Waals surface area contributed by atoms with Gasteiger partial charge in [0.05, 0.1) is 6.10 Å². The monoisotopic (exact) mass is 230 g/mol. The standard InChI is InChI=1S/C10H15BrO/c11-9-6-5-7-3-1-2-4-8(7)10(9)12/h3,8-10,12H,1-2,4-6H2/t8-,9+,10-/m0/s1. The molecule has 2 aliphatic carbocycles. The average molecular weight is 231 g/mol. The van der Waals surface area contributed by atoms with Crippen molar-refractivity contribution in [3.63, 3.8) is 0 Å². The number of rotatable bonds is 0. The molecule has 0 saturated heterocycles. The summed E-state index contributed by atoms with van der Waals surface area (Å²) in [6, 6.07) is 0. The Hall–Kier alpha value is 0.180. The van der Waals surface area contributed by atoms with E-state index in [0.717, 1.165) is 6.42 Å². The van der Waals surface area contributed by atoms with E-state index in [9.17, 15) is 5.11 Å². The van der Waals surface area contributed by atoms with Gasteiger partial charge in [0.1, 0.15) is 0 Å². The molecule has 12 heavy (non-hydrogen) atoms. The van der Waals surface area contributed by atoms with Gasteiger partial charge in [0.25, 0.3) is 0 Å². The number of aliphatic hydroxyl groups excluding tert-OH is 1. The van der Waals surface area contributed by atoms with Crippen LogP contribution < -0.4 is 0 Å². The topological polar surface area (TPSA) is 20.2 Å². The largest absolute Gasteiger partial charge is 0.391 e. The SMILES string of the molecule is O[C@@H]1[C@H](Br)CCC2=CCCC[C@@H]21. The van der Waals surface area contributed by atoms with Gasteiger partial charge < -0.3 is 5.11 Å². The number of aliphatic hydroxyl groups is 1. The normalized spacial score (nSPS) is 41.8. The third-order valence-corrected chi connectivity index (χ3v) is 4.09. The van der Waals surface area contributed by atoms with Crippen LogP contribution in [0.4, 0.5) is 0 Å². The summed E-state index contributed by atoms with van der Waals surface area (Å²) in [6.45, 7) is 0. The molecule has 0 aliphatic heterocycles. The van der Waals surface area contributed by atoms with E-state index < -0.39 is 0 Å². The molecule has 0 aromatic heterocycles. The van der Waals surface area contributed by atoms with Gasteiger partial charge >= 0.3 is 0 Å². The van der Waals surface area contributed by atoms with Crippen LogP contribution >= 0.6 is 15.9 Å². The number of hydrogen-bond donors (Lipinski definition) is 1. The first-order valence-electron chi connectivity index (χ1n) is 4.80. The smallest absolute Gasteiger partial charge is 0.0730 e. The van der Waals surface area contributed by atoms with Crippen molar-refractivity contribution in [1.29, 1.82) is 0 Å². The first-order valence-corrected chi connectivity index (χ1v) is 5.71. The molecule has 0 unspecified atom stereocenters. The van der Waals surface area contributed by atoms with Gasteiger partial charge in [-0.3, -0.25) is 0 Å². The molecular formula is C10H15BrO. The third-order valence-electron chi connectivity index (χ3n) is 3.09. The maximum atomic E-state index is 9.89. The molecule has 1 fully saturated rings. The zero-order chi connectivity index (χ0) is 8.55. The lowest BCUT2D eigenvalue weighted by atomic mass is 9.76. The lowest BCUT2D eigenvalue weighted by Crippen LogP contribution is -2.36. The van der Waals surface area contributed by atoms with Crippen LogP contribution in [0.3, 0.4) is 0 Å². The number of allylic oxidation sites excluding steroid dienone is 1. The molecular weight excluding hydrogens is 216 g/mol. The fraction of sp³-hybridized carbons (Fsp3) is 0.800. The summed E-state index contributed by atoms with van der Waals surface area (Å²) in [5.41, 5.74) is 1.52. The van der Waals surface area contributed by atoms with Crippen molar-refractivity contribution in [3.05, 3.63) is 11.6 Å². The summed E-state index contributed by atoms with van der Waals surface area (Å²) < 4.78 is 0. The molecule has 0 spiro atoms. The molecule has 68 valence electrons. The van der Waals surface area contributed by atoms with E-state index in [-0.39, 0.29) is 6.10 Å². The van der Waals surface area contributed by atoms with Crippen LogP contribution in [0.5, 0.6) is 0 Å². The molecule has 2 aliphatic rings. The Kier molecular flexibility index (Phi) is 2.56. The van der Waals surface area contributed by atoms with Gasteiger partial charge in [0, 0.05) is 10.7 Å². The van der Waals surface area contributed by atoms with Crippen molar-refractivity contribution in [1.82, 2.24) is 0 Å². The van der Waals surface area contributed by atoms with Gasteiger partial charge in [-0.15, -0.1) is 0 Å². The number of hydrogen-bond acceptors (Lipinski definition) is 1. The van der Waals surface area contributed by atoms with E-state index in [1.807, 2.05) is 0 Å². The molecule has 0 heterocycles. The summed E-state index contributed by atoms with van der Waals surface area (Å²) in [5.74, 6) is 0.469. The minimum atomic E-state index is -0.134. The molecule has 0 aromatic rings. The molecule has 1 nitrogen and oxygen atoms in total. The Morgan fingerprint density at radius 1 is 1.42 bits per heavy atom. The van der Waals surface area contributed by atoms with Crippen LogP contribution in [0.25, 0.3) is 0 Å². The van der Waals surface area contributed by atoms with Crippen LogP contribution in [0.1, 0.15) is 32.1 Å². The highest BCUT2D eigenvalue weighted by molar-refractivity contribution is 9.09. The minimum absolute atomic E-state index is 0.134. The van der Waals surface area contributed by atoms with Crippen molar-refractivity contribution in [2.75, 3.05) is 0 Å². The van der Waals surface area contributed by atoms with Crippen LogP contribution in [0.15, 0.2) is 11.6 Å². The van der Waals surface area contributed by atoms with Gasteiger partial charge in [-0.25, -0.2) is 0 Å². The zero-order valence-electron chi connectivity index (χ0n) is 7.17. The Labute approximate surface area is 82.0 Å². The maximum Gasteiger partial charge on any atom is 0.0730 e. The molecule has 2 rings (SSSR count). The second-order valence-corrected chi connectivity index (χ2v) is 5.04. The van der Waals surface area contributed by atoms with Gasteiger partial charge in [-0.2, -0.15) is 0 Å². The second kappa shape index (κ2) is 3.51. The number of alkyl halides is 1. The highest BCUT2D eigenvalue weighted by Crippen LogP contribution is 2.39. The summed E-state index contributed by atoms with van der Waals surface area (Å²) in [6.07, 6.45) is 8.17. The summed E-state index contributed by atoms with van der Waals surface area (Å²) in [7, 11) is 0. The predicted molar refractivity (Wildman–Crippen MR) is 53.4 cm³/mol. The van der Waals surface area contributed by atoms with Gasteiger partial charge in [-0.1, -0.05) is 27.6 Å². The van der Waals surface area contributed by atoms with Gasteiger partial charge in [-0.05, 0) is 32.1 Å². The zero-order valence-corrected chi connectivity index (χ0v) is 8.76. The van der Waals surface area contributed by atoms with Crippen molar-refractivity contribution in [2.24, 2.45) is 5.92 Å². The first-order chi connectivity index (χ1) is 5.79. The van der Waals surface area contributed by atoms with Crippen LogP contribution in [0.2, 0.25) is 0 Å². The molecule has 1 saturated carbocycles. The minimum Gasteiger partial charge on any atom is -0.391 e. The third kappa shape index (κ3) is 1.47. The molecule has 1 N–H and O–H groups in total. The molecule has 0 bridgehead atoms. The number of halogens is 1. The Morgan fingerprint density at radius 3 is 3.08 bits per heavy atom. The lowest BCUT2D eigenvalue weighted by molar-refractivity contribution is 0.0974. The first kappa shape index (κ1) is 8.76. The highest BCUT2D eigenvalue weighted by atomic mass is 79.9. The summed E-state index contributed by atoms with van der Waals surface area (Å²) in [5, 5.41) is 9.89. The van der Waals surface area contributed by atoms with Crippen LogP contribution in [0, 0.1) is 5.92 Å². The highest BCUT2D eigenvalue weighted by Gasteiger charge is 2.33. The molecule has 0 radical (unpaired) electrons. The van der Waals surface area contributed by atoms with Crippen LogP contribution in [-0.2, 0) is 0 Å². The van der Waals surface area contributed by atoms with E-state index in [2.05, 4.69) is 22.0 Å². The van der Waals surface area contributed by atoms with Gasteiger partial charge in [0.2, 0.25) is 0 Å². The van der Waals surface area contributed by atoms with Crippen molar-refractivity contribution < 1.29 is 5.11 Å². The molecule has 3 atom stereocenters. The van der Waals surface area contributed by atoms with E-state index in [4.69, 9.17) is 0 Å². The van der Waals surface area contributed by atoms with Crippen molar-refractivity contribution >= 4 is 15.9 Å². The fourth-order valence-electron chi connectivity index (χ4n) is 2.37. The summed E-state index contributed by atoms with van der Waals surface area (Å²) >= 11 is 3.54. The quantitative estimate of drug-likeness (QED) is 0.502. The van der Waals surface area contributed by atoms with Crippen LogP contribution in [-0.4, -0.2) is 16.0 Å². The fourth-order valence-corrected chi connectivity index (χ4v) is 2.96. The molecule has 0 aromatic carbocycles. The van der Waals surface area contributed by atoms with E-state index in [0.29, 0.717) is 10.7 Å². The number of fused-ring (bicyclic) bond motifs is 1. The predicted octanol–water partition coefficient (Wildman–Crippen LogP) is 2.63. The average Bonchev–Trinajstić information content (AvgIpc) is 2.12. The molecule has 0 amide bonds. The second-order valence-electron chi connectivity index (χ2n) is 3.86.